The van der Waals surface area contributed by atoms with Crippen molar-refractivity contribution in [3.05, 3.63) is 46.4 Å². The maximum atomic E-state index is 13.5. The van der Waals surface area contributed by atoms with E-state index in [2.05, 4.69) is 5.32 Å². The Balaban J connectivity index is 2.17. The molecule has 0 aliphatic rings. The molecule has 1 aromatic heterocycles. The lowest BCUT2D eigenvalue weighted by atomic mass is 10.1. The minimum atomic E-state index is -0.393. The molecule has 2 nitrogen and oxygen atoms in total. The van der Waals surface area contributed by atoms with Crippen LogP contribution in [0, 0.1) is 5.82 Å². The van der Waals surface area contributed by atoms with Crippen LogP contribution in [-0.4, -0.2) is 5.11 Å². The van der Waals surface area contributed by atoms with E-state index in [-0.39, 0.29) is 11.8 Å². The molecule has 2 aromatic rings. The first kappa shape index (κ1) is 11.0. The fraction of sp³-hybridized carbons (Fsp3) is 0.167. The zero-order valence-corrected chi connectivity index (χ0v) is 9.59. The lowest BCUT2D eigenvalue weighted by Crippen LogP contribution is -2.07. The van der Waals surface area contributed by atoms with Crippen LogP contribution < -0.4 is 5.32 Å². The van der Waals surface area contributed by atoms with E-state index >= 15 is 0 Å². The Labute approximate surface area is 97.4 Å². The number of thiophene rings is 1. The first-order valence-corrected chi connectivity index (χ1v) is 5.88. The highest BCUT2D eigenvalue weighted by molar-refractivity contribution is 7.08. The largest absolute Gasteiger partial charge is 0.508 e. The topological polar surface area (TPSA) is 32.3 Å². The number of benzene rings is 1. The third-order valence-corrected chi connectivity index (χ3v) is 3.04. The molecule has 2 rings (SSSR count). The summed E-state index contributed by atoms with van der Waals surface area (Å²) < 4.78 is 13.5. The average molecular weight is 237 g/mol. The van der Waals surface area contributed by atoms with Crippen molar-refractivity contribution in [3.63, 3.8) is 0 Å². The Hall–Kier alpha value is -1.55. The van der Waals surface area contributed by atoms with Crippen LogP contribution in [0.3, 0.4) is 0 Å². The minimum Gasteiger partial charge on any atom is -0.508 e. The number of anilines is 1. The van der Waals surface area contributed by atoms with Gasteiger partial charge in [-0.2, -0.15) is 11.3 Å². The predicted molar refractivity (Wildman–Crippen MR) is 64.4 cm³/mol. The van der Waals surface area contributed by atoms with Crippen LogP contribution in [0.4, 0.5) is 10.1 Å². The summed E-state index contributed by atoms with van der Waals surface area (Å²) in [5, 5.41) is 16.2. The lowest BCUT2D eigenvalue weighted by Gasteiger charge is -2.15. The first-order chi connectivity index (χ1) is 7.66. The molecule has 0 aliphatic carbocycles. The Morgan fingerprint density at radius 3 is 2.81 bits per heavy atom. The number of nitrogens with one attached hydrogen (secondary N) is 1. The number of phenols is 1. The fourth-order valence-corrected chi connectivity index (χ4v) is 2.14. The molecule has 4 heteroatoms. The van der Waals surface area contributed by atoms with Crippen LogP contribution in [0.5, 0.6) is 5.75 Å². The molecule has 0 fully saturated rings. The van der Waals surface area contributed by atoms with Gasteiger partial charge in [0.25, 0.3) is 0 Å². The van der Waals surface area contributed by atoms with Crippen LogP contribution in [0.15, 0.2) is 35.0 Å². The minimum absolute atomic E-state index is 0.0519. The molecule has 0 saturated carbocycles. The lowest BCUT2D eigenvalue weighted by molar-refractivity contribution is 0.467. The van der Waals surface area contributed by atoms with Crippen molar-refractivity contribution in [3.8, 4) is 5.75 Å². The van der Waals surface area contributed by atoms with Gasteiger partial charge in [-0.25, -0.2) is 4.39 Å². The monoisotopic (exact) mass is 237 g/mol. The van der Waals surface area contributed by atoms with Crippen molar-refractivity contribution in [2.75, 3.05) is 5.32 Å². The molecule has 0 spiro atoms. The molecule has 0 radical (unpaired) electrons. The third-order valence-electron chi connectivity index (χ3n) is 2.35. The van der Waals surface area contributed by atoms with Gasteiger partial charge in [0, 0.05) is 22.7 Å². The summed E-state index contributed by atoms with van der Waals surface area (Å²) in [6, 6.07) is 6.02. The zero-order valence-electron chi connectivity index (χ0n) is 8.77. The standard InChI is InChI=1S/C12H12FNOS/c1-8(14-9-4-5-16-7-9)11-3-2-10(15)6-12(11)13/h2-8,14-15H,1H3. The Morgan fingerprint density at radius 1 is 1.38 bits per heavy atom. The van der Waals surface area contributed by atoms with Crippen LogP contribution in [0.1, 0.15) is 18.5 Å². The van der Waals surface area contributed by atoms with E-state index in [4.69, 9.17) is 5.11 Å². The fourth-order valence-electron chi connectivity index (χ4n) is 1.54. The normalized spacial score (nSPS) is 12.4. The summed E-state index contributed by atoms with van der Waals surface area (Å²) in [6.07, 6.45) is 0. The number of phenolic OH excluding ortho intramolecular Hbond substituents is 1. The van der Waals surface area contributed by atoms with E-state index in [1.165, 1.54) is 6.07 Å². The zero-order chi connectivity index (χ0) is 11.5. The number of rotatable bonds is 3. The summed E-state index contributed by atoms with van der Waals surface area (Å²) in [7, 11) is 0. The SMILES string of the molecule is CC(Nc1ccsc1)c1ccc(O)cc1F. The van der Waals surface area contributed by atoms with Crippen molar-refractivity contribution in [1.82, 2.24) is 0 Å². The molecule has 2 N–H and O–H groups in total. The molecule has 84 valence electrons. The summed E-state index contributed by atoms with van der Waals surface area (Å²) in [5.41, 5.74) is 1.52. The van der Waals surface area contributed by atoms with Crippen LogP contribution in [0.2, 0.25) is 0 Å². The van der Waals surface area contributed by atoms with Gasteiger partial charge in [0.05, 0.1) is 6.04 Å². The quantitative estimate of drug-likeness (QED) is 0.851. The first-order valence-electron chi connectivity index (χ1n) is 4.94. The highest BCUT2D eigenvalue weighted by Crippen LogP contribution is 2.25. The second-order valence-corrected chi connectivity index (χ2v) is 4.36. The average Bonchev–Trinajstić information content (AvgIpc) is 2.70. The van der Waals surface area contributed by atoms with Crippen molar-refractivity contribution in [2.24, 2.45) is 0 Å². The number of hydrogen-bond donors (Lipinski definition) is 2. The van der Waals surface area contributed by atoms with Gasteiger partial charge in [0.1, 0.15) is 11.6 Å². The Morgan fingerprint density at radius 2 is 2.19 bits per heavy atom. The molecule has 16 heavy (non-hydrogen) atoms. The highest BCUT2D eigenvalue weighted by Gasteiger charge is 2.11. The van der Waals surface area contributed by atoms with Gasteiger partial charge >= 0.3 is 0 Å². The van der Waals surface area contributed by atoms with E-state index in [1.807, 2.05) is 23.8 Å². The van der Waals surface area contributed by atoms with Gasteiger partial charge in [-0.1, -0.05) is 6.07 Å². The van der Waals surface area contributed by atoms with Crippen LogP contribution >= 0.6 is 11.3 Å². The second-order valence-electron chi connectivity index (χ2n) is 3.58. The van der Waals surface area contributed by atoms with Crippen molar-refractivity contribution in [2.45, 2.75) is 13.0 Å². The summed E-state index contributed by atoms with van der Waals surface area (Å²) in [4.78, 5) is 0. The van der Waals surface area contributed by atoms with Crippen LogP contribution in [0.25, 0.3) is 0 Å². The smallest absolute Gasteiger partial charge is 0.132 e. The Bertz CT molecular complexity index is 470. The molecule has 1 heterocycles. The van der Waals surface area contributed by atoms with E-state index in [0.717, 1.165) is 11.8 Å². The van der Waals surface area contributed by atoms with Gasteiger partial charge in [-0.3, -0.25) is 0 Å². The molecule has 1 aromatic carbocycles. The van der Waals surface area contributed by atoms with Crippen molar-refractivity contribution >= 4 is 17.0 Å². The molecular formula is C12H12FNOS. The van der Waals surface area contributed by atoms with Gasteiger partial charge in [-0.15, -0.1) is 0 Å². The van der Waals surface area contributed by atoms with Crippen molar-refractivity contribution < 1.29 is 9.50 Å². The van der Waals surface area contributed by atoms with Gasteiger partial charge in [0.15, 0.2) is 0 Å². The van der Waals surface area contributed by atoms with Crippen molar-refractivity contribution in [1.29, 1.82) is 0 Å². The molecule has 0 saturated heterocycles. The van der Waals surface area contributed by atoms with Gasteiger partial charge in [0.2, 0.25) is 0 Å². The van der Waals surface area contributed by atoms with E-state index in [9.17, 15) is 4.39 Å². The summed E-state index contributed by atoms with van der Waals surface area (Å²) in [5.74, 6) is -0.445. The van der Waals surface area contributed by atoms with Crippen LogP contribution in [-0.2, 0) is 0 Å². The van der Waals surface area contributed by atoms with E-state index < -0.39 is 5.82 Å². The summed E-state index contributed by atoms with van der Waals surface area (Å²) in [6.45, 7) is 1.88. The molecule has 1 atom stereocenters. The molecule has 0 aliphatic heterocycles. The molecule has 0 amide bonds. The highest BCUT2D eigenvalue weighted by atomic mass is 32.1. The van der Waals surface area contributed by atoms with E-state index in [1.54, 1.807) is 17.4 Å². The van der Waals surface area contributed by atoms with Gasteiger partial charge in [-0.05, 0) is 24.4 Å². The maximum Gasteiger partial charge on any atom is 0.132 e. The number of halogens is 1. The van der Waals surface area contributed by atoms with E-state index in [0.29, 0.717) is 5.56 Å². The molecule has 1 unspecified atom stereocenters. The summed E-state index contributed by atoms with van der Waals surface area (Å²) >= 11 is 1.59. The number of aromatic hydroxyl groups is 1. The van der Waals surface area contributed by atoms with Gasteiger partial charge < -0.3 is 10.4 Å². The second kappa shape index (κ2) is 4.53. The molecule has 0 bridgehead atoms. The third kappa shape index (κ3) is 2.33. The maximum absolute atomic E-state index is 13.5. The Kier molecular flexibility index (Phi) is 3.10. The predicted octanol–water partition coefficient (Wildman–Crippen LogP) is 3.77. The number of hydrogen-bond acceptors (Lipinski definition) is 3. The molecular weight excluding hydrogens is 225 g/mol.